The largest absolute Gasteiger partial charge is 0.399 e. The molecule has 0 aliphatic heterocycles. The summed E-state index contributed by atoms with van der Waals surface area (Å²) < 4.78 is 34.5. The third kappa shape index (κ3) is 2.86. The normalized spacial score (nSPS) is 11.7. The van der Waals surface area contributed by atoms with Crippen LogP contribution in [0.15, 0.2) is 42.5 Å². The Bertz CT molecular complexity index is 939. The van der Waals surface area contributed by atoms with E-state index in [4.69, 9.17) is 17.3 Å². The number of nitrogen functional groups attached to an aromatic ring is 1. The molecule has 3 aromatic rings. The highest BCUT2D eigenvalue weighted by Gasteiger charge is 2.25. The molecule has 0 unspecified atom stereocenters. The van der Waals surface area contributed by atoms with Gasteiger partial charge < -0.3 is 5.73 Å². The summed E-state index contributed by atoms with van der Waals surface area (Å²) in [5.41, 5.74) is 6.90. The predicted octanol–water partition coefficient (Wildman–Crippen LogP) is 3.47. The molecule has 0 atom stereocenters. The number of rotatable bonds is 3. The highest BCUT2D eigenvalue weighted by atomic mass is 35.5. The summed E-state index contributed by atoms with van der Waals surface area (Å²) in [6, 6.07) is 11.1. The van der Waals surface area contributed by atoms with Gasteiger partial charge in [0, 0.05) is 10.7 Å². The standard InChI is InChI=1S/C13H10ClN3O3S2/c14-8-1-6-11-12(7-8)21-13(16-11)17(22(18,19)20)10-4-2-9(15)3-5-10/h1-7H,15H2,(H,18,19,20). The van der Waals surface area contributed by atoms with Crippen molar-refractivity contribution in [3.8, 4) is 0 Å². The topological polar surface area (TPSA) is 96.5 Å². The summed E-state index contributed by atoms with van der Waals surface area (Å²) in [4.78, 5) is 4.23. The SMILES string of the molecule is Nc1ccc(N(c2nc3ccc(Cl)cc3s2)S(=O)(=O)O)cc1. The molecular weight excluding hydrogens is 346 g/mol. The second-order valence-corrected chi connectivity index (χ2v) is 7.15. The van der Waals surface area contributed by atoms with E-state index < -0.39 is 10.3 Å². The van der Waals surface area contributed by atoms with Gasteiger partial charge in [-0.25, -0.2) is 4.98 Å². The van der Waals surface area contributed by atoms with Crippen LogP contribution in [0.25, 0.3) is 10.2 Å². The number of benzene rings is 2. The average molecular weight is 356 g/mol. The number of anilines is 3. The molecule has 0 saturated carbocycles. The number of nitrogens with zero attached hydrogens (tertiary/aromatic N) is 2. The first kappa shape index (κ1) is 15.0. The lowest BCUT2D eigenvalue weighted by Crippen LogP contribution is -2.24. The third-order valence-corrected chi connectivity index (χ3v) is 5.07. The molecule has 0 spiro atoms. The van der Waals surface area contributed by atoms with Crippen LogP contribution in [-0.2, 0) is 10.3 Å². The van der Waals surface area contributed by atoms with Crippen molar-refractivity contribution in [2.24, 2.45) is 0 Å². The van der Waals surface area contributed by atoms with E-state index in [1.807, 2.05) is 0 Å². The number of hydrogen-bond donors (Lipinski definition) is 2. The zero-order chi connectivity index (χ0) is 15.9. The minimum atomic E-state index is -4.53. The van der Waals surface area contributed by atoms with Crippen LogP contribution in [-0.4, -0.2) is 18.0 Å². The second-order valence-electron chi connectivity index (χ2n) is 4.44. The summed E-state index contributed by atoms with van der Waals surface area (Å²) >= 11 is 7.02. The molecule has 0 amide bonds. The van der Waals surface area contributed by atoms with E-state index in [1.54, 1.807) is 18.2 Å². The maximum Gasteiger partial charge on any atom is 0.366 e. The second kappa shape index (κ2) is 5.40. The Labute approximate surface area is 135 Å². The Kier molecular flexibility index (Phi) is 3.69. The fraction of sp³-hybridized carbons (Fsp3) is 0. The van der Waals surface area contributed by atoms with Gasteiger partial charge in [-0.2, -0.15) is 12.7 Å². The van der Waals surface area contributed by atoms with Crippen molar-refractivity contribution in [2.75, 3.05) is 10.0 Å². The van der Waals surface area contributed by atoms with Gasteiger partial charge in [0.15, 0.2) is 0 Å². The highest BCUT2D eigenvalue weighted by molar-refractivity contribution is 7.87. The highest BCUT2D eigenvalue weighted by Crippen LogP contribution is 2.36. The van der Waals surface area contributed by atoms with Gasteiger partial charge in [0.2, 0.25) is 5.13 Å². The summed E-state index contributed by atoms with van der Waals surface area (Å²) in [7, 11) is -4.53. The third-order valence-electron chi connectivity index (χ3n) is 2.87. The van der Waals surface area contributed by atoms with E-state index in [2.05, 4.69) is 4.98 Å². The maximum absolute atomic E-state index is 11.8. The summed E-state index contributed by atoms with van der Waals surface area (Å²) in [5.74, 6) is 0. The zero-order valence-electron chi connectivity index (χ0n) is 11.0. The van der Waals surface area contributed by atoms with Crippen molar-refractivity contribution in [1.82, 2.24) is 4.98 Å². The van der Waals surface area contributed by atoms with Gasteiger partial charge in [-0.1, -0.05) is 22.9 Å². The van der Waals surface area contributed by atoms with Crippen LogP contribution in [0.4, 0.5) is 16.5 Å². The summed E-state index contributed by atoms with van der Waals surface area (Å²) in [6.07, 6.45) is 0. The summed E-state index contributed by atoms with van der Waals surface area (Å²) in [5, 5.41) is 0.637. The molecule has 1 heterocycles. The number of fused-ring (bicyclic) bond motifs is 1. The quantitative estimate of drug-likeness (QED) is 0.554. The van der Waals surface area contributed by atoms with Crippen LogP contribution in [0.3, 0.4) is 0 Å². The van der Waals surface area contributed by atoms with Crippen LogP contribution < -0.4 is 10.0 Å². The van der Waals surface area contributed by atoms with Crippen molar-refractivity contribution in [3.63, 3.8) is 0 Å². The molecule has 1 aromatic heterocycles. The van der Waals surface area contributed by atoms with Crippen LogP contribution in [0.1, 0.15) is 0 Å². The number of thiazole rings is 1. The maximum atomic E-state index is 11.8. The minimum Gasteiger partial charge on any atom is -0.399 e. The number of nitrogens with two attached hydrogens (primary N) is 1. The Balaban J connectivity index is 2.18. The summed E-state index contributed by atoms with van der Waals surface area (Å²) in [6.45, 7) is 0. The Morgan fingerprint density at radius 1 is 1.18 bits per heavy atom. The lowest BCUT2D eigenvalue weighted by molar-refractivity contribution is 0.483. The molecule has 3 rings (SSSR count). The fourth-order valence-corrected chi connectivity index (χ4v) is 4.12. The molecule has 114 valence electrons. The molecule has 2 aromatic carbocycles. The van der Waals surface area contributed by atoms with Crippen molar-refractivity contribution < 1.29 is 13.0 Å². The molecule has 9 heteroatoms. The lowest BCUT2D eigenvalue weighted by atomic mass is 10.3. The molecule has 0 fully saturated rings. The predicted molar refractivity (Wildman–Crippen MR) is 89.2 cm³/mol. The molecule has 6 nitrogen and oxygen atoms in total. The van der Waals surface area contributed by atoms with Gasteiger partial charge in [-0.05, 0) is 42.5 Å². The van der Waals surface area contributed by atoms with Crippen molar-refractivity contribution >= 4 is 60.0 Å². The number of aromatic nitrogens is 1. The van der Waals surface area contributed by atoms with Crippen LogP contribution in [0.2, 0.25) is 5.02 Å². The van der Waals surface area contributed by atoms with Crippen molar-refractivity contribution in [1.29, 1.82) is 0 Å². The van der Waals surface area contributed by atoms with Gasteiger partial charge >= 0.3 is 10.3 Å². The van der Waals surface area contributed by atoms with E-state index in [-0.39, 0.29) is 10.8 Å². The first-order valence-corrected chi connectivity index (χ1v) is 8.63. The van der Waals surface area contributed by atoms with E-state index >= 15 is 0 Å². The van der Waals surface area contributed by atoms with Gasteiger partial charge in [0.05, 0.1) is 15.9 Å². The van der Waals surface area contributed by atoms with Crippen molar-refractivity contribution in [2.45, 2.75) is 0 Å². The molecule has 3 N–H and O–H groups in total. The van der Waals surface area contributed by atoms with Gasteiger partial charge in [-0.3, -0.25) is 4.55 Å². The number of hydrogen-bond acceptors (Lipinski definition) is 5. The zero-order valence-corrected chi connectivity index (χ0v) is 13.4. The van der Waals surface area contributed by atoms with E-state index in [0.29, 0.717) is 20.9 Å². The monoisotopic (exact) mass is 355 g/mol. The van der Waals surface area contributed by atoms with Gasteiger partial charge in [0.1, 0.15) is 0 Å². The molecule has 0 radical (unpaired) electrons. The molecule has 22 heavy (non-hydrogen) atoms. The first-order chi connectivity index (χ1) is 10.3. The first-order valence-electron chi connectivity index (χ1n) is 6.04. The Hall–Kier alpha value is -1.87. The minimum absolute atomic E-state index is 0.115. The average Bonchev–Trinajstić information content (AvgIpc) is 2.82. The number of halogens is 1. The van der Waals surface area contributed by atoms with Gasteiger partial charge in [0.25, 0.3) is 0 Å². The molecule has 0 bridgehead atoms. The lowest BCUT2D eigenvalue weighted by Gasteiger charge is -2.17. The smallest absolute Gasteiger partial charge is 0.366 e. The van der Waals surface area contributed by atoms with E-state index in [1.165, 1.54) is 24.3 Å². The van der Waals surface area contributed by atoms with Gasteiger partial charge in [-0.15, -0.1) is 0 Å². The fourth-order valence-electron chi connectivity index (χ4n) is 1.93. The molecule has 0 aliphatic rings. The van der Waals surface area contributed by atoms with Crippen LogP contribution in [0.5, 0.6) is 0 Å². The van der Waals surface area contributed by atoms with E-state index in [9.17, 15) is 13.0 Å². The van der Waals surface area contributed by atoms with Crippen LogP contribution in [0, 0.1) is 0 Å². The van der Waals surface area contributed by atoms with E-state index in [0.717, 1.165) is 15.6 Å². The Morgan fingerprint density at radius 2 is 1.86 bits per heavy atom. The Morgan fingerprint density at radius 3 is 2.50 bits per heavy atom. The van der Waals surface area contributed by atoms with Crippen molar-refractivity contribution in [3.05, 3.63) is 47.5 Å². The van der Waals surface area contributed by atoms with Crippen LogP contribution >= 0.6 is 22.9 Å². The molecule has 0 aliphatic carbocycles. The molecular formula is C13H10ClN3O3S2. The molecule has 0 saturated heterocycles.